The van der Waals surface area contributed by atoms with Gasteiger partial charge in [0, 0.05) is 17.6 Å². The van der Waals surface area contributed by atoms with Crippen LogP contribution in [-0.2, 0) is 4.74 Å². The van der Waals surface area contributed by atoms with E-state index in [0.29, 0.717) is 24.6 Å². The Labute approximate surface area is 107 Å². The van der Waals surface area contributed by atoms with Gasteiger partial charge in [-0.1, -0.05) is 0 Å². The Hall–Kier alpha value is -0.430. The van der Waals surface area contributed by atoms with Crippen molar-refractivity contribution in [2.75, 3.05) is 26.4 Å². The van der Waals surface area contributed by atoms with E-state index in [0.717, 1.165) is 10.9 Å². The summed E-state index contributed by atoms with van der Waals surface area (Å²) >= 11 is 4.71. The van der Waals surface area contributed by atoms with E-state index in [1.807, 2.05) is 11.4 Å². The van der Waals surface area contributed by atoms with E-state index in [9.17, 15) is 4.79 Å². The molecule has 0 aromatic carbocycles. The maximum absolute atomic E-state index is 11.6. The maximum Gasteiger partial charge on any atom is 0.262 e. The third-order valence-corrected chi connectivity index (χ3v) is 3.65. The molecule has 16 heavy (non-hydrogen) atoms. The van der Waals surface area contributed by atoms with Crippen LogP contribution in [0.25, 0.3) is 0 Å². The second kappa shape index (κ2) is 7.78. The molecule has 1 heterocycles. The Kier molecular flexibility index (Phi) is 6.63. The molecule has 1 amide bonds. The number of carbonyl (C=O) groups is 1. The zero-order valence-corrected chi connectivity index (χ0v) is 11.1. The molecule has 0 saturated heterocycles. The molecule has 0 fully saturated rings. The molecule has 1 rings (SSSR count). The molecule has 0 atom stereocenters. The van der Waals surface area contributed by atoms with Crippen molar-refractivity contribution in [1.29, 1.82) is 0 Å². The number of ether oxygens (including phenoxy) is 1. The van der Waals surface area contributed by atoms with Crippen molar-refractivity contribution in [3.8, 4) is 0 Å². The van der Waals surface area contributed by atoms with E-state index in [1.54, 1.807) is 0 Å². The summed E-state index contributed by atoms with van der Waals surface area (Å²) in [7, 11) is 0. The third kappa shape index (κ3) is 4.61. The number of amides is 1. The molecule has 90 valence electrons. The second-order valence-corrected chi connectivity index (χ2v) is 4.81. The van der Waals surface area contributed by atoms with E-state index in [4.69, 9.17) is 9.84 Å². The molecule has 0 saturated carbocycles. The van der Waals surface area contributed by atoms with Crippen LogP contribution in [0.1, 0.15) is 16.1 Å². The first-order chi connectivity index (χ1) is 7.75. The number of nitrogens with one attached hydrogen (secondary N) is 1. The molecule has 4 nitrogen and oxygen atoms in total. The van der Waals surface area contributed by atoms with Gasteiger partial charge in [-0.05, 0) is 33.8 Å². The number of carbonyl (C=O) groups excluding carboxylic acids is 1. The molecular formula is C10H14BrNO3S. The Morgan fingerprint density at radius 2 is 2.38 bits per heavy atom. The molecule has 0 aliphatic rings. The highest BCUT2D eigenvalue weighted by atomic mass is 79.9. The smallest absolute Gasteiger partial charge is 0.262 e. The fourth-order valence-corrected chi connectivity index (χ4v) is 2.55. The van der Waals surface area contributed by atoms with Gasteiger partial charge in [0.15, 0.2) is 0 Å². The molecule has 2 N–H and O–H groups in total. The minimum atomic E-state index is -0.0657. The number of halogens is 1. The van der Waals surface area contributed by atoms with Crippen molar-refractivity contribution < 1.29 is 14.6 Å². The van der Waals surface area contributed by atoms with Crippen LogP contribution >= 0.6 is 27.3 Å². The highest BCUT2D eigenvalue weighted by Crippen LogP contribution is 2.22. The number of thiophene rings is 1. The average molecular weight is 308 g/mol. The third-order valence-electron chi connectivity index (χ3n) is 1.81. The van der Waals surface area contributed by atoms with Crippen molar-refractivity contribution in [1.82, 2.24) is 5.32 Å². The maximum atomic E-state index is 11.6. The van der Waals surface area contributed by atoms with Gasteiger partial charge >= 0.3 is 0 Å². The van der Waals surface area contributed by atoms with Gasteiger partial charge in [0.05, 0.1) is 13.2 Å². The predicted octanol–water partition coefficient (Wildman–Crippen LogP) is 1.64. The molecule has 0 bridgehead atoms. The largest absolute Gasteiger partial charge is 0.394 e. The van der Waals surface area contributed by atoms with Crippen LogP contribution in [0.5, 0.6) is 0 Å². The highest BCUT2D eigenvalue weighted by molar-refractivity contribution is 9.10. The molecule has 6 heteroatoms. The van der Waals surface area contributed by atoms with Gasteiger partial charge in [0.2, 0.25) is 0 Å². The van der Waals surface area contributed by atoms with Gasteiger partial charge in [-0.3, -0.25) is 4.79 Å². The summed E-state index contributed by atoms with van der Waals surface area (Å²) in [6.07, 6.45) is 0.745. The van der Waals surface area contributed by atoms with Gasteiger partial charge in [-0.25, -0.2) is 0 Å². The van der Waals surface area contributed by atoms with Crippen molar-refractivity contribution in [2.45, 2.75) is 6.42 Å². The van der Waals surface area contributed by atoms with Crippen LogP contribution in [-0.4, -0.2) is 37.4 Å². The van der Waals surface area contributed by atoms with Crippen LogP contribution in [0.15, 0.2) is 15.9 Å². The number of hydrogen-bond donors (Lipinski definition) is 2. The average Bonchev–Trinajstić information content (AvgIpc) is 2.69. The minimum Gasteiger partial charge on any atom is -0.394 e. The first-order valence-electron chi connectivity index (χ1n) is 4.95. The number of aliphatic hydroxyl groups is 1. The SMILES string of the molecule is O=C(NCCCOCCO)c1sccc1Br. The molecule has 0 radical (unpaired) electrons. The summed E-state index contributed by atoms with van der Waals surface area (Å²) in [6.45, 7) is 1.51. The van der Waals surface area contributed by atoms with E-state index < -0.39 is 0 Å². The summed E-state index contributed by atoms with van der Waals surface area (Å²) in [4.78, 5) is 12.3. The van der Waals surface area contributed by atoms with Gasteiger partial charge in [0.1, 0.15) is 4.88 Å². The lowest BCUT2D eigenvalue weighted by Crippen LogP contribution is -2.24. The van der Waals surface area contributed by atoms with Crippen LogP contribution in [0, 0.1) is 0 Å². The fraction of sp³-hybridized carbons (Fsp3) is 0.500. The van der Waals surface area contributed by atoms with Crippen molar-refractivity contribution >= 4 is 33.2 Å². The van der Waals surface area contributed by atoms with E-state index >= 15 is 0 Å². The minimum absolute atomic E-state index is 0.0362. The molecule has 0 aliphatic heterocycles. The molecule has 1 aromatic heterocycles. The fourth-order valence-electron chi connectivity index (χ4n) is 1.08. The topological polar surface area (TPSA) is 58.6 Å². The Morgan fingerprint density at radius 1 is 1.56 bits per heavy atom. The Morgan fingerprint density at radius 3 is 3.00 bits per heavy atom. The lowest BCUT2D eigenvalue weighted by atomic mass is 10.4. The lowest BCUT2D eigenvalue weighted by Gasteiger charge is -2.04. The summed E-state index contributed by atoms with van der Waals surface area (Å²) in [6, 6.07) is 1.85. The van der Waals surface area contributed by atoms with Crippen molar-refractivity contribution in [2.24, 2.45) is 0 Å². The van der Waals surface area contributed by atoms with Crippen molar-refractivity contribution in [3.05, 3.63) is 20.8 Å². The number of rotatable bonds is 7. The van der Waals surface area contributed by atoms with Gasteiger partial charge in [-0.15, -0.1) is 11.3 Å². The van der Waals surface area contributed by atoms with Crippen molar-refractivity contribution in [3.63, 3.8) is 0 Å². The quantitative estimate of drug-likeness (QED) is 0.753. The normalized spacial score (nSPS) is 10.4. The predicted molar refractivity (Wildman–Crippen MR) is 66.9 cm³/mol. The van der Waals surface area contributed by atoms with Crippen LogP contribution in [0.3, 0.4) is 0 Å². The zero-order valence-electron chi connectivity index (χ0n) is 8.74. The van der Waals surface area contributed by atoms with Crippen LogP contribution in [0.2, 0.25) is 0 Å². The summed E-state index contributed by atoms with van der Waals surface area (Å²) in [5, 5.41) is 13.1. The van der Waals surface area contributed by atoms with E-state index in [1.165, 1.54) is 11.3 Å². The standard InChI is InChI=1S/C10H14BrNO3S/c11-8-2-7-16-9(8)10(14)12-3-1-5-15-6-4-13/h2,7,13H,1,3-6H2,(H,12,14). The summed E-state index contributed by atoms with van der Waals surface area (Å²) in [5.74, 6) is -0.0657. The molecule has 0 aliphatic carbocycles. The monoisotopic (exact) mass is 307 g/mol. The Balaban J connectivity index is 2.14. The Bertz CT molecular complexity index is 330. The van der Waals surface area contributed by atoms with Crippen LogP contribution in [0.4, 0.5) is 0 Å². The molecule has 1 aromatic rings. The van der Waals surface area contributed by atoms with Crippen LogP contribution < -0.4 is 5.32 Å². The van der Waals surface area contributed by atoms with E-state index in [2.05, 4.69) is 21.2 Å². The first-order valence-corrected chi connectivity index (χ1v) is 6.62. The zero-order chi connectivity index (χ0) is 11.8. The lowest BCUT2D eigenvalue weighted by molar-refractivity contribution is 0.0869. The van der Waals surface area contributed by atoms with Gasteiger partial charge in [0.25, 0.3) is 5.91 Å². The van der Waals surface area contributed by atoms with E-state index in [-0.39, 0.29) is 12.5 Å². The molecule has 0 unspecified atom stereocenters. The second-order valence-electron chi connectivity index (χ2n) is 3.04. The summed E-state index contributed by atoms with van der Waals surface area (Å²) < 4.78 is 5.90. The first kappa shape index (κ1) is 13.6. The number of hydrogen-bond acceptors (Lipinski definition) is 4. The highest BCUT2D eigenvalue weighted by Gasteiger charge is 2.09. The van der Waals surface area contributed by atoms with Gasteiger partial charge < -0.3 is 15.2 Å². The number of aliphatic hydroxyl groups excluding tert-OH is 1. The van der Waals surface area contributed by atoms with Gasteiger partial charge in [-0.2, -0.15) is 0 Å². The molecule has 0 spiro atoms. The molecular weight excluding hydrogens is 294 g/mol. The summed E-state index contributed by atoms with van der Waals surface area (Å²) in [5.41, 5.74) is 0.